The molecule has 0 amide bonds. The van der Waals surface area contributed by atoms with Crippen LogP contribution in [0.2, 0.25) is 0 Å². The summed E-state index contributed by atoms with van der Waals surface area (Å²) in [6.45, 7) is 1.33. The first kappa shape index (κ1) is 13.0. The summed E-state index contributed by atoms with van der Waals surface area (Å²) in [5.74, 6) is 0. The van der Waals surface area contributed by atoms with Gasteiger partial charge in [-0.25, -0.2) is 0 Å². The third-order valence-electron chi connectivity index (χ3n) is 4.73. The second-order valence-corrected chi connectivity index (χ2v) is 5.94. The third kappa shape index (κ3) is 2.09. The largest absolute Gasteiger partial charge is 0.358 e. The SMILES string of the molecule is ON1CCC2(CC1)OC(c1ccccc1)c1ccccc12. The van der Waals surface area contributed by atoms with Gasteiger partial charge < -0.3 is 9.94 Å². The minimum atomic E-state index is -0.240. The van der Waals surface area contributed by atoms with Gasteiger partial charge in [-0.2, -0.15) is 5.06 Å². The van der Waals surface area contributed by atoms with Crippen LogP contribution in [0.1, 0.15) is 35.6 Å². The van der Waals surface area contributed by atoms with Gasteiger partial charge in [0.2, 0.25) is 0 Å². The van der Waals surface area contributed by atoms with Gasteiger partial charge in [-0.15, -0.1) is 0 Å². The number of ether oxygens (including phenoxy) is 1. The van der Waals surface area contributed by atoms with E-state index in [9.17, 15) is 5.21 Å². The van der Waals surface area contributed by atoms with Gasteiger partial charge in [-0.05, 0) is 29.5 Å². The van der Waals surface area contributed by atoms with Crippen molar-refractivity contribution in [3.05, 3.63) is 71.3 Å². The fraction of sp³-hybridized carbons (Fsp3) is 0.333. The molecule has 1 spiro atoms. The quantitative estimate of drug-likeness (QED) is 0.868. The average Bonchev–Trinajstić information content (AvgIpc) is 2.87. The summed E-state index contributed by atoms with van der Waals surface area (Å²) in [4.78, 5) is 0. The maximum absolute atomic E-state index is 9.66. The fourth-order valence-electron chi connectivity index (χ4n) is 3.61. The van der Waals surface area contributed by atoms with Crippen LogP contribution in [0.3, 0.4) is 0 Å². The van der Waals surface area contributed by atoms with E-state index in [1.807, 2.05) is 6.07 Å². The smallest absolute Gasteiger partial charge is 0.109 e. The molecule has 0 bridgehead atoms. The van der Waals surface area contributed by atoms with Crippen molar-refractivity contribution in [1.29, 1.82) is 0 Å². The highest BCUT2D eigenvalue weighted by molar-refractivity contribution is 5.43. The van der Waals surface area contributed by atoms with Gasteiger partial charge in [0.15, 0.2) is 0 Å². The fourth-order valence-corrected chi connectivity index (χ4v) is 3.61. The molecule has 3 heteroatoms. The van der Waals surface area contributed by atoms with E-state index in [1.165, 1.54) is 21.8 Å². The Kier molecular flexibility index (Phi) is 3.07. The summed E-state index contributed by atoms with van der Waals surface area (Å²) in [5.41, 5.74) is 3.53. The molecular formula is C18H19NO2. The Morgan fingerprint density at radius 3 is 2.38 bits per heavy atom. The van der Waals surface area contributed by atoms with E-state index in [1.54, 1.807) is 0 Å². The molecule has 1 unspecified atom stereocenters. The molecule has 1 fully saturated rings. The van der Waals surface area contributed by atoms with E-state index in [2.05, 4.69) is 48.5 Å². The molecular weight excluding hydrogens is 262 g/mol. The third-order valence-corrected chi connectivity index (χ3v) is 4.73. The summed E-state index contributed by atoms with van der Waals surface area (Å²) in [7, 11) is 0. The van der Waals surface area contributed by atoms with Gasteiger partial charge in [-0.3, -0.25) is 0 Å². The van der Waals surface area contributed by atoms with Crippen LogP contribution in [0, 0.1) is 0 Å². The molecule has 4 rings (SSSR count). The maximum atomic E-state index is 9.66. The molecule has 2 aliphatic heterocycles. The van der Waals surface area contributed by atoms with Crippen LogP contribution in [0.4, 0.5) is 0 Å². The number of benzene rings is 2. The van der Waals surface area contributed by atoms with Crippen molar-refractivity contribution in [3.8, 4) is 0 Å². The molecule has 0 saturated carbocycles. The van der Waals surface area contributed by atoms with Crippen molar-refractivity contribution in [1.82, 2.24) is 5.06 Å². The molecule has 1 atom stereocenters. The zero-order valence-electron chi connectivity index (χ0n) is 11.9. The normalized spacial score (nSPS) is 24.1. The van der Waals surface area contributed by atoms with Crippen LogP contribution in [0.15, 0.2) is 54.6 Å². The molecule has 2 heterocycles. The van der Waals surface area contributed by atoms with Crippen LogP contribution in [0.25, 0.3) is 0 Å². The van der Waals surface area contributed by atoms with Crippen molar-refractivity contribution in [2.45, 2.75) is 24.5 Å². The van der Waals surface area contributed by atoms with Crippen molar-refractivity contribution in [3.63, 3.8) is 0 Å². The summed E-state index contributed by atoms with van der Waals surface area (Å²) < 4.78 is 6.56. The van der Waals surface area contributed by atoms with E-state index < -0.39 is 0 Å². The van der Waals surface area contributed by atoms with E-state index in [0.717, 1.165) is 12.8 Å². The van der Waals surface area contributed by atoms with Gasteiger partial charge >= 0.3 is 0 Å². The lowest BCUT2D eigenvalue weighted by atomic mass is 9.83. The number of nitrogens with zero attached hydrogens (tertiary/aromatic N) is 1. The first-order chi connectivity index (χ1) is 10.3. The van der Waals surface area contributed by atoms with Gasteiger partial charge in [-0.1, -0.05) is 54.6 Å². The van der Waals surface area contributed by atoms with Crippen molar-refractivity contribution in [2.24, 2.45) is 0 Å². The molecule has 2 aliphatic rings. The molecule has 1 N–H and O–H groups in total. The van der Waals surface area contributed by atoms with Crippen LogP contribution >= 0.6 is 0 Å². The lowest BCUT2D eigenvalue weighted by Gasteiger charge is -2.37. The lowest BCUT2D eigenvalue weighted by molar-refractivity contribution is -0.169. The molecule has 108 valence electrons. The molecule has 0 aliphatic carbocycles. The average molecular weight is 281 g/mol. The Labute approximate surface area is 124 Å². The number of rotatable bonds is 1. The molecule has 3 nitrogen and oxygen atoms in total. The highest BCUT2D eigenvalue weighted by Crippen LogP contribution is 2.51. The van der Waals surface area contributed by atoms with Gasteiger partial charge in [0.25, 0.3) is 0 Å². The number of fused-ring (bicyclic) bond motifs is 2. The lowest BCUT2D eigenvalue weighted by Crippen LogP contribution is -2.41. The Morgan fingerprint density at radius 2 is 1.62 bits per heavy atom. The van der Waals surface area contributed by atoms with Gasteiger partial charge in [0.1, 0.15) is 6.10 Å². The Balaban J connectivity index is 1.77. The number of piperidine rings is 1. The van der Waals surface area contributed by atoms with Gasteiger partial charge in [0, 0.05) is 13.1 Å². The molecule has 1 saturated heterocycles. The van der Waals surface area contributed by atoms with Gasteiger partial charge in [0.05, 0.1) is 5.60 Å². The van der Waals surface area contributed by atoms with Crippen LogP contribution < -0.4 is 0 Å². The van der Waals surface area contributed by atoms with Crippen LogP contribution in [-0.4, -0.2) is 23.4 Å². The highest BCUT2D eigenvalue weighted by Gasteiger charge is 2.46. The topological polar surface area (TPSA) is 32.7 Å². The van der Waals surface area contributed by atoms with Crippen LogP contribution in [-0.2, 0) is 10.3 Å². The summed E-state index contributed by atoms with van der Waals surface area (Å²) in [6.07, 6.45) is 1.68. The maximum Gasteiger partial charge on any atom is 0.109 e. The summed E-state index contributed by atoms with van der Waals surface area (Å²) in [5, 5.41) is 11.1. The van der Waals surface area contributed by atoms with E-state index in [-0.39, 0.29) is 11.7 Å². The molecule has 0 aromatic heterocycles. The number of hydrogen-bond donors (Lipinski definition) is 1. The van der Waals surface area contributed by atoms with E-state index in [0.29, 0.717) is 13.1 Å². The Hall–Kier alpha value is -1.68. The first-order valence-corrected chi connectivity index (χ1v) is 7.54. The van der Waals surface area contributed by atoms with Crippen molar-refractivity contribution >= 4 is 0 Å². The Bertz CT molecular complexity index is 633. The van der Waals surface area contributed by atoms with E-state index in [4.69, 9.17) is 4.74 Å². The number of hydroxylamine groups is 2. The first-order valence-electron chi connectivity index (χ1n) is 7.54. The second kappa shape index (κ2) is 4.95. The number of hydrogen-bond acceptors (Lipinski definition) is 3. The minimum absolute atomic E-state index is 0.00708. The zero-order valence-corrected chi connectivity index (χ0v) is 11.9. The molecule has 2 aromatic carbocycles. The second-order valence-electron chi connectivity index (χ2n) is 5.94. The van der Waals surface area contributed by atoms with E-state index >= 15 is 0 Å². The highest BCUT2D eigenvalue weighted by atomic mass is 16.5. The zero-order chi connectivity index (χ0) is 14.3. The molecule has 2 aromatic rings. The Morgan fingerprint density at radius 1 is 0.952 bits per heavy atom. The summed E-state index contributed by atoms with van der Waals surface area (Å²) in [6, 6.07) is 18.9. The summed E-state index contributed by atoms with van der Waals surface area (Å²) >= 11 is 0. The predicted molar refractivity (Wildman–Crippen MR) is 80.1 cm³/mol. The van der Waals surface area contributed by atoms with Crippen molar-refractivity contribution in [2.75, 3.05) is 13.1 Å². The minimum Gasteiger partial charge on any atom is -0.358 e. The predicted octanol–water partition coefficient (Wildman–Crippen LogP) is 3.49. The van der Waals surface area contributed by atoms with Crippen molar-refractivity contribution < 1.29 is 9.94 Å². The standard InChI is InChI=1S/C18H19NO2/c20-19-12-10-18(11-13-19)16-9-5-4-8-15(16)17(21-18)14-6-2-1-3-7-14/h1-9,17,20H,10-13H2. The monoisotopic (exact) mass is 281 g/mol. The molecule has 21 heavy (non-hydrogen) atoms. The van der Waals surface area contributed by atoms with Crippen LogP contribution in [0.5, 0.6) is 0 Å². The molecule has 0 radical (unpaired) electrons.